The zero-order chi connectivity index (χ0) is 12.4. The summed E-state index contributed by atoms with van der Waals surface area (Å²) in [5, 5.41) is 3.76. The van der Waals surface area contributed by atoms with E-state index in [1.54, 1.807) is 0 Å². The van der Waals surface area contributed by atoms with E-state index in [9.17, 15) is 0 Å². The van der Waals surface area contributed by atoms with Crippen molar-refractivity contribution in [3.05, 3.63) is 29.8 Å². The van der Waals surface area contributed by atoms with Crippen molar-refractivity contribution in [2.45, 2.75) is 36.8 Å². The molecule has 3 rings (SSSR count). The topological polar surface area (TPSA) is 21.3 Å². The molecule has 98 valence electrons. The summed E-state index contributed by atoms with van der Waals surface area (Å²) in [6, 6.07) is 9.35. The first-order valence-electron chi connectivity index (χ1n) is 6.91. The molecule has 3 heteroatoms. The molecule has 0 aromatic heterocycles. The number of ether oxygens (including phenoxy) is 1. The lowest BCUT2D eigenvalue weighted by atomic mass is 9.99. The van der Waals surface area contributed by atoms with Crippen molar-refractivity contribution < 1.29 is 4.74 Å². The number of hydrogen-bond acceptors (Lipinski definition) is 3. The SMILES string of the molecule is CC1OCCC1CNC1CCSc2ccccc21. The second-order valence-corrected chi connectivity index (χ2v) is 6.40. The van der Waals surface area contributed by atoms with Crippen molar-refractivity contribution in [1.29, 1.82) is 0 Å². The first-order valence-corrected chi connectivity index (χ1v) is 7.90. The zero-order valence-electron chi connectivity index (χ0n) is 10.9. The predicted octanol–water partition coefficient (Wildman–Crippen LogP) is 3.24. The van der Waals surface area contributed by atoms with Gasteiger partial charge in [-0.05, 0) is 43.1 Å². The second kappa shape index (κ2) is 5.64. The number of hydrogen-bond donors (Lipinski definition) is 1. The molecule has 0 bridgehead atoms. The van der Waals surface area contributed by atoms with Crippen LogP contribution in [0.5, 0.6) is 0 Å². The quantitative estimate of drug-likeness (QED) is 0.904. The summed E-state index contributed by atoms with van der Waals surface area (Å²) in [5.41, 5.74) is 1.49. The summed E-state index contributed by atoms with van der Waals surface area (Å²) in [7, 11) is 0. The van der Waals surface area contributed by atoms with E-state index >= 15 is 0 Å². The average molecular weight is 263 g/mol. The molecule has 0 saturated carbocycles. The molecule has 3 unspecified atom stereocenters. The van der Waals surface area contributed by atoms with E-state index in [0.29, 0.717) is 18.1 Å². The maximum absolute atomic E-state index is 5.63. The molecule has 2 aliphatic heterocycles. The van der Waals surface area contributed by atoms with E-state index in [4.69, 9.17) is 4.74 Å². The van der Waals surface area contributed by atoms with Gasteiger partial charge in [-0.1, -0.05) is 18.2 Å². The fourth-order valence-electron chi connectivity index (χ4n) is 2.89. The van der Waals surface area contributed by atoms with Gasteiger partial charge in [0.05, 0.1) is 6.10 Å². The Balaban J connectivity index is 1.64. The molecular weight excluding hydrogens is 242 g/mol. The van der Waals surface area contributed by atoms with Gasteiger partial charge in [0, 0.05) is 24.1 Å². The van der Waals surface area contributed by atoms with Crippen LogP contribution in [0.1, 0.15) is 31.4 Å². The Labute approximate surface area is 113 Å². The molecular formula is C15H21NOS. The van der Waals surface area contributed by atoms with Gasteiger partial charge in [0.25, 0.3) is 0 Å². The molecule has 1 saturated heterocycles. The van der Waals surface area contributed by atoms with Crippen LogP contribution in [0, 0.1) is 5.92 Å². The van der Waals surface area contributed by atoms with E-state index in [0.717, 1.165) is 13.2 Å². The Hall–Kier alpha value is -0.510. The van der Waals surface area contributed by atoms with Crippen molar-refractivity contribution in [3.63, 3.8) is 0 Å². The van der Waals surface area contributed by atoms with Crippen molar-refractivity contribution in [2.24, 2.45) is 5.92 Å². The van der Waals surface area contributed by atoms with E-state index in [1.807, 2.05) is 11.8 Å². The third-order valence-electron chi connectivity index (χ3n) is 4.12. The maximum atomic E-state index is 5.63. The molecule has 1 aromatic carbocycles. The molecule has 2 heterocycles. The lowest BCUT2D eigenvalue weighted by Gasteiger charge is -2.27. The van der Waals surface area contributed by atoms with Crippen LogP contribution in [0.3, 0.4) is 0 Å². The molecule has 0 spiro atoms. The smallest absolute Gasteiger partial charge is 0.0588 e. The highest BCUT2D eigenvalue weighted by atomic mass is 32.2. The summed E-state index contributed by atoms with van der Waals surface area (Å²) in [4.78, 5) is 1.46. The molecule has 1 aromatic rings. The Bertz CT molecular complexity index is 409. The molecule has 2 aliphatic rings. The molecule has 18 heavy (non-hydrogen) atoms. The minimum Gasteiger partial charge on any atom is -0.378 e. The number of thioether (sulfide) groups is 1. The Morgan fingerprint density at radius 1 is 1.33 bits per heavy atom. The summed E-state index contributed by atoms with van der Waals surface area (Å²) in [5.74, 6) is 1.91. The molecule has 0 amide bonds. The van der Waals surface area contributed by atoms with Gasteiger partial charge in [-0.2, -0.15) is 0 Å². The van der Waals surface area contributed by atoms with Crippen molar-refractivity contribution >= 4 is 11.8 Å². The monoisotopic (exact) mass is 263 g/mol. The first-order chi connectivity index (χ1) is 8.84. The average Bonchev–Trinajstić information content (AvgIpc) is 2.82. The number of benzene rings is 1. The summed E-state index contributed by atoms with van der Waals surface area (Å²) < 4.78 is 5.63. The van der Waals surface area contributed by atoms with Gasteiger partial charge in [0.2, 0.25) is 0 Å². The van der Waals surface area contributed by atoms with Crippen molar-refractivity contribution in [2.75, 3.05) is 18.9 Å². The molecule has 0 radical (unpaired) electrons. The van der Waals surface area contributed by atoms with Gasteiger partial charge in [0.15, 0.2) is 0 Å². The molecule has 1 fully saturated rings. The summed E-state index contributed by atoms with van der Waals surface area (Å²) in [6.45, 7) is 4.22. The fourth-order valence-corrected chi connectivity index (χ4v) is 4.02. The number of fused-ring (bicyclic) bond motifs is 1. The van der Waals surface area contributed by atoms with Crippen LogP contribution < -0.4 is 5.32 Å². The van der Waals surface area contributed by atoms with Gasteiger partial charge in [-0.25, -0.2) is 0 Å². The second-order valence-electron chi connectivity index (χ2n) is 5.26. The Kier molecular flexibility index (Phi) is 3.92. The Morgan fingerprint density at radius 3 is 3.06 bits per heavy atom. The van der Waals surface area contributed by atoms with Crippen LogP contribution in [-0.2, 0) is 4.74 Å². The minimum atomic E-state index is 0.422. The number of nitrogens with one attached hydrogen (secondary N) is 1. The molecule has 0 aliphatic carbocycles. The van der Waals surface area contributed by atoms with Crippen LogP contribution in [0.15, 0.2) is 29.2 Å². The van der Waals surface area contributed by atoms with E-state index in [-0.39, 0.29) is 0 Å². The standard InChI is InChI=1S/C15H21NOS/c1-11-12(6-8-17-11)10-16-14-7-9-18-15-5-3-2-4-13(14)15/h2-5,11-12,14,16H,6-10H2,1H3. The summed E-state index contributed by atoms with van der Waals surface area (Å²) >= 11 is 1.99. The molecule has 3 atom stereocenters. The largest absolute Gasteiger partial charge is 0.378 e. The normalized spacial score (nSPS) is 31.3. The van der Waals surface area contributed by atoms with Gasteiger partial charge in [0.1, 0.15) is 0 Å². The molecule has 2 nitrogen and oxygen atoms in total. The van der Waals surface area contributed by atoms with Crippen LogP contribution in [0.4, 0.5) is 0 Å². The highest BCUT2D eigenvalue weighted by Gasteiger charge is 2.26. The van der Waals surface area contributed by atoms with Crippen LogP contribution in [0.25, 0.3) is 0 Å². The van der Waals surface area contributed by atoms with Crippen LogP contribution in [0.2, 0.25) is 0 Å². The molecule has 1 N–H and O–H groups in total. The zero-order valence-corrected chi connectivity index (χ0v) is 11.7. The van der Waals surface area contributed by atoms with E-state index in [1.165, 1.54) is 29.1 Å². The highest BCUT2D eigenvalue weighted by molar-refractivity contribution is 7.99. The van der Waals surface area contributed by atoms with Gasteiger partial charge in [-0.3, -0.25) is 0 Å². The van der Waals surface area contributed by atoms with Crippen LogP contribution >= 0.6 is 11.8 Å². The minimum absolute atomic E-state index is 0.422. The maximum Gasteiger partial charge on any atom is 0.0588 e. The van der Waals surface area contributed by atoms with Crippen molar-refractivity contribution in [1.82, 2.24) is 5.32 Å². The lowest BCUT2D eigenvalue weighted by molar-refractivity contribution is 0.105. The number of rotatable bonds is 3. The van der Waals surface area contributed by atoms with Gasteiger partial charge >= 0.3 is 0 Å². The van der Waals surface area contributed by atoms with E-state index in [2.05, 4.69) is 36.5 Å². The van der Waals surface area contributed by atoms with Crippen molar-refractivity contribution in [3.8, 4) is 0 Å². The van der Waals surface area contributed by atoms with Gasteiger partial charge in [-0.15, -0.1) is 11.8 Å². The lowest BCUT2D eigenvalue weighted by Crippen LogP contribution is -2.31. The van der Waals surface area contributed by atoms with Gasteiger partial charge < -0.3 is 10.1 Å². The van der Waals surface area contributed by atoms with Crippen LogP contribution in [-0.4, -0.2) is 25.0 Å². The fraction of sp³-hybridized carbons (Fsp3) is 0.600. The third kappa shape index (κ3) is 2.58. The predicted molar refractivity (Wildman–Crippen MR) is 76.0 cm³/mol. The third-order valence-corrected chi connectivity index (χ3v) is 5.24. The van der Waals surface area contributed by atoms with E-state index < -0.39 is 0 Å². The summed E-state index contributed by atoms with van der Waals surface area (Å²) in [6.07, 6.45) is 2.87. The first kappa shape index (κ1) is 12.5. The Morgan fingerprint density at radius 2 is 2.22 bits per heavy atom. The highest BCUT2D eigenvalue weighted by Crippen LogP contribution is 2.36.